The Hall–Kier alpha value is -3.59. The molecule has 0 fully saturated rings. The molecule has 0 aliphatic carbocycles. The number of rotatable bonds is 2. The van der Waals surface area contributed by atoms with Gasteiger partial charge in [0.05, 0.1) is 0 Å². The van der Waals surface area contributed by atoms with E-state index in [0.29, 0.717) is 5.75 Å². The molecule has 142 valence electrons. The average molecular weight is 379 g/mol. The fourth-order valence-electron chi connectivity index (χ4n) is 4.18. The minimum Gasteiger partial charge on any atom is -0.426 e. The van der Waals surface area contributed by atoms with Gasteiger partial charge in [-0.3, -0.25) is 4.79 Å². The van der Waals surface area contributed by atoms with Crippen molar-refractivity contribution >= 4 is 28.1 Å². The normalized spacial score (nSPS) is 15.0. The zero-order chi connectivity index (χ0) is 20.0. The van der Waals surface area contributed by atoms with Gasteiger partial charge in [-0.25, -0.2) is 0 Å². The van der Waals surface area contributed by atoms with Crippen molar-refractivity contribution in [3.63, 3.8) is 0 Å². The smallest absolute Gasteiger partial charge is 0.323 e. The first-order chi connectivity index (χ1) is 14.1. The van der Waals surface area contributed by atoms with E-state index in [9.17, 15) is 4.79 Å². The molecule has 3 nitrogen and oxygen atoms in total. The zero-order valence-corrected chi connectivity index (χ0v) is 16.4. The molecule has 3 heteroatoms. The van der Waals surface area contributed by atoms with Crippen LogP contribution in [0.25, 0.3) is 10.8 Å². The van der Waals surface area contributed by atoms with E-state index in [2.05, 4.69) is 30.0 Å². The lowest BCUT2D eigenvalue weighted by Gasteiger charge is -2.34. The van der Waals surface area contributed by atoms with Crippen molar-refractivity contribution in [3.05, 3.63) is 102 Å². The summed E-state index contributed by atoms with van der Waals surface area (Å²) in [5, 5.41) is 2.18. The molecule has 1 aliphatic heterocycles. The highest BCUT2D eigenvalue weighted by Gasteiger charge is 2.34. The molecule has 0 amide bonds. The van der Waals surface area contributed by atoms with Gasteiger partial charge in [0, 0.05) is 18.4 Å². The second kappa shape index (κ2) is 6.78. The molecule has 0 saturated heterocycles. The number of ether oxygens (including phenoxy) is 1. The van der Waals surface area contributed by atoms with Gasteiger partial charge in [-0.15, -0.1) is 0 Å². The Morgan fingerprint density at radius 1 is 0.793 bits per heavy atom. The van der Waals surface area contributed by atoms with E-state index in [1.807, 2.05) is 73.8 Å². The van der Waals surface area contributed by atoms with Crippen molar-refractivity contribution in [3.8, 4) is 5.75 Å². The van der Waals surface area contributed by atoms with Crippen molar-refractivity contribution in [1.82, 2.24) is 0 Å². The topological polar surface area (TPSA) is 29.5 Å². The number of para-hydroxylation sites is 1. The Balaban J connectivity index is 1.57. The lowest BCUT2D eigenvalue weighted by Crippen LogP contribution is -2.28. The third-order valence-corrected chi connectivity index (χ3v) is 5.64. The maximum Gasteiger partial charge on any atom is 0.323 e. The minimum absolute atomic E-state index is 0.258. The van der Waals surface area contributed by atoms with E-state index in [0.717, 1.165) is 38.8 Å². The van der Waals surface area contributed by atoms with Crippen LogP contribution in [0.3, 0.4) is 0 Å². The summed E-state index contributed by atoms with van der Waals surface area (Å²) in [6, 6.07) is 28.1. The summed E-state index contributed by atoms with van der Waals surface area (Å²) in [7, 11) is 2.04. The summed E-state index contributed by atoms with van der Waals surface area (Å²) >= 11 is 0. The Bertz CT molecular complexity index is 1240. The van der Waals surface area contributed by atoms with Crippen molar-refractivity contribution in [2.24, 2.45) is 0 Å². The number of fused-ring (bicyclic) bond motifs is 3. The number of hydrogen-bond donors (Lipinski definition) is 0. The Morgan fingerprint density at radius 2 is 1.52 bits per heavy atom. The Kier molecular flexibility index (Phi) is 4.09. The number of anilines is 2. The van der Waals surface area contributed by atoms with Crippen LogP contribution in [0.15, 0.2) is 84.9 Å². The number of carbonyl (C=O) groups excluding carboxylic acids is 1. The first kappa shape index (κ1) is 17.5. The molecule has 5 rings (SSSR count). The van der Waals surface area contributed by atoms with Crippen molar-refractivity contribution < 1.29 is 9.53 Å². The fraction of sp³-hybridized carbons (Fsp3) is 0.115. The molecular weight excluding hydrogens is 358 g/mol. The maximum atomic E-state index is 13.4. The van der Waals surface area contributed by atoms with Crippen LogP contribution in [0, 0.1) is 6.92 Å². The molecule has 0 N–H and O–H groups in total. The largest absolute Gasteiger partial charge is 0.426 e. The molecular formula is C26H21NO2. The van der Waals surface area contributed by atoms with E-state index < -0.39 is 5.92 Å². The predicted molar refractivity (Wildman–Crippen MR) is 117 cm³/mol. The monoisotopic (exact) mass is 379 g/mol. The predicted octanol–water partition coefficient (Wildman–Crippen LogP) is 5.97. The Morgan fingerprint density at radius 3 is 2.38 bits per heavy atom. The molecule has 0 bridgehead atoms. The maximum absolute atomic E-state index is 13.4. The van der Waals surface area contributed by atoms with E-state index in [-0.39, 0.29) is 5.97 Å². The molecule has 0 spiro atoms. The van der Waals surface area contributed by atoms with Gasteiger partial charge < -0.3 is 9.64 Å². The summed E-state index contributed by atoms with van der Waals surface area (Å²) in [4.78, 5) is 15.5. The molecule has 1 aliphatic rings. The first-order valence-corrected chi connectivity index (χ1v) is 9.75. The molecule has 4 aromatic rings. The highest BCUT2D eigenvalue weighted by molar-refractivity contribution is 5.93. The van der Waals surface area contributed by atoms with Crippen LogP contribution in [0.5, 0.6) is 5.75 Å². The summed E-state index contributed by atoms with van der Waals surface area (Å²) in [5.41, 5.74) is 5.19. The van der Waals surface area contributed by atoms with Crippen LogP contribution in [0.4, 0.5) is 11.4 Å². The van der Waals surface area contributed by atoms with E-state index in [4.69, 9.17) is 4.74 Å². The van der Waals surface area contributed by atoms with Gasteiger partial charge in [-0.2, -0.15) is 0 Å². The van der Waals surface area contributed by atoms with E-state index in [1.165, 1.54) is 0 Å². The molecule has 1 heterocycles. The van der Waals surface area contributed by atoms with Crippen LogP contribution < -0.4 is 9.64 Å². The molecule has 1 atom stereocenters. The number of esters is 1. The molecule has 0 radical (unpaired) electrons. The fourth-order valence-corrected chi connectivity index (χ4v) is 4.18. The Labute approximate surface area is 170 Å². The summed E-state index contributed by atoms with van der Waals surface area (Å²) in [6.45, 7) is 2.07. The van der Waals surface area contributed by atoms with Gasteiger partial charge in [0.2, 0.25) is 0 Å². The third-order valence-electron chi connectivity index (χ3n) is 5.64. The molecule has 1 unspecified atom stereocenters. The quantitative estimate of drug-likeness (QED) is 0.318. The second-order valence-electron chi connectivity index (χ2n) is 7.54. The van der Waals surface area contributed by atoms with Gasteiger partial charge in [-0.05, 0) is 58.7 Å². The minimum atomic E-state index is -0.454. The average Bonchev–Trinajstić information content (AvgIpc) is 2.74. The molecule has 0 saturated carbocycles. The van der Waals surface area contributed by atoms with Gasteiger partial charge >= 0.3 is 5.97 Å². The van der Waals surface area contributed by atoms with Gasteiger partial charge in [0.25, 0.3) is 0 Å². The van der Waals surface area contributed by atoms with Crippen LogP contribution in [-0.2, 0) is 4.79 Å². The molecule has 0 aromatic heterocycles. The van der Waals surface area contributed by atoms with Crippen molar-refractivity contribution in [1.29, 1.82) is 0 Å². The highest BCUT2D eigenvalue weighted by Crippen LogP contribution is 2.45. The zero-order valence-electron chi connectivity index (χ0n) is 16.4. The van der Waals surface area contributed by atoms with Gasteiger partial charge in [0.1, 0.15) is 11.7 Å². The first-order valence-electron chi connectivity index (χ1n) is 9.75. The second-order valence-corrected chi connectivity index (χ2v) is 7.54. The standard InChI is InChI=1S/C26H21NO2/c1-17-11-14-22-24(15-17)27(2)23-10-6-5-9-21(23)25(22)26(28)29-20-13-12-18-7-3-4-8-19(18)16-20/h3-16,25H,1-2H3. The van der Waals surface area contributed by atoms with E-state index in [1.54, 1.807) is 0 Å². The number of benzene rings is 4. The lowest BCUT2D eigenvalue weighted by atomic mass is 9.84. The lowest BCUT2D eigenvalue weighted by molar-refractivity contribution is -0.135. The van der Waals surface area contributed by atoms with Crippen molar-refractivity contribution in [2.45, 2.75) is 12.8 Å². The molecule has 4 aromatic carbocycles. The summed E-state index contributed by atoms with van der Waals surface area (Å²) in [5.74, 6) is -0.144. The highest BCUT2D eigenvalue weighted by atomic mass is 16.5. The van der Waals surface area contributed by atoms with Gasteiger partial charge in [-0.1, -0.05) is 60.7 Å². The van der Waals surface area contributed by atoms with Crippen LogP contribution >= 0.6 is 0 Å². The molecule has 29 heavy (non-hydrogen) atoms. The van der Waals surface area contributed by atoms with E-state index >= 15 is 0 Å². The summed E-state index contributed by atoms with van der Waals surface area (Å²) < 4.78 is 5.88. The van der Waals surface area contributed by atoms with Crippen LogP contribution in [-0.4, -0.2) is 13.0 Å². The van der Waals surface area contributed by atoms with Crippen LogP contribution in [0.2, 0.25) is 0 Å². The number of hydrogen-bond acceptors (Lipinski definition) is 3. The third kappa shape index (κ3) is 2.95. The van der Waals surface area contributed by atoms with Gasteiger partial charge in [0.15, 0.2) is 0 Å². The number of nitrogens with zero attached hydrogens (tertiary/aromatic N) is 1. The van der Waals surface area contributed by atoms with Crippen LogP contribution in [0.1, 0.15) is 22.6 Å². The van der Waals surface area contributed by atoms with Crippen molar-refractivity contribution in [2.75, 3.05) is 11.9 Å². The number of carbonyl (C=O) groups is 1. The number of aryl methyl sites for hydroxylation is 1. The summed E-state index contributed by atoms with van der Waals surface area (Å²) in [6.07, 6.45) is 0. The SMILES string of the molecule is Cc1ccc2c(c1)N(C)c1ccccc1C2C(=O)Oc1ccc2ccccc2c1.